The Balaban J connectivity index is 0.00000256. The van der Waals surface area contributed by atoms with Gasteiger partial charge in [-0.15, -0.1) is 0 Å². The van der Waals surface area contributed by atoms with Gasteiger partial charge in [0, 0.05) is 0 Å². The van der Waals surface area contributed by atoms with Gasteiger partial charge in [0.2, 0.25) is 0 Å². The van der Waals surface area contributed by atoms with E-state index in [1.165, 1.54) is 44.1 Å². The van der Waals surface area contributed by atoms with E-state index in [9.17, 15) is 0 Å². The van der Waals surface area contributed by atoms with Crippen molar-refractivity contribution in [2.45, 2.75) is 27.7 Å². The molecule has 0 atom stereocenters. The van der Waals surface area contributed by atoms with Gasteiger partial charge in [0.25, 0.3) is 0 Å². The molecule has 4 N–H and O–H groups in total. The Morgan fingerprint density at radius 3 is 0.667 bits per heavy atom. The highest BCUT2D eigenvalue weighted by molar-refractivity contribution is 7.19. The van der Waals surface area contributed by atoms with Crippen LogP contribution in [0.3, 0.4) is 0 Å². The molecule has 30 heavy (non-hydrogen) atoms. The third-order valence-corrected chi connectivity index (χ3v) is 6.31. The van der Waals surface area contributed by atoms with Gasteiger partial charge >= 0.3 is 0 Å². The number of benzene rings is 4. The highest BCUT2D eigenvalue weighted by atomic mass is 14.1. The molecule has 2 heteroatoms. The van der Waals surface area contributed by atoms with E-state index < -0.39 is 6.15 Å². The lowest BCUT2D eigenvalue weighted by Gasteiger charge is -2.44. The molecule has 0 saturated carbocycles. The molecule has 0 radical (unpaired) electrons. The molecule has 4 rings (SSSR count). The Morgan fingerprint density at radius 1 is 0.333 bits per heavy atom. The first-order valence-corrected chi connectivity index (χ1v) is 10.4. The zero-order valence-corrected chi connectivity index (χ0v) is 18.8. The summed E-state index contributed by atoms with van der Waals surface area (Å²) in [5.41, 5.74) is 10.6. The fourth-order valence-electron chi connectivity index (χ4n) is 4.58. The molecule has 0 aliphatic heterocycles. The molecule has 0 aliphatic rings. The molecule has 0 amide bonds. The van der Waals surface area contributed by atoms with Gasteiger partial charge in [-0.05, 0) is 27.7 Å². The molecule has 1 nitrogen and oxygen atoms in total. The van der Waals surface area contributed by atoms with Crippen LogP contribution < -0.4 is 28.0 Å². The van der Waals surface area contributed by atoms with Crippen molar-refractivity contribution in [2.24, 2.45) is 0 Å². The molecule has 0 fully saturated rings. The Morgan fingerprint density at radius 2 is 0.500 bits per heavy atom. The molecule has 4 aromatic carbocycles. The zero-order chi connectivity index (χ0) is 20.4. The number of rotatable bonds is 4. The van der Waals surface area contributed by atoms with Crippen LogP contribution in [-0.2, 0) is 0 Å². The summed E-state index contributed by atoms with van der Waals surface area (Å²) in [7, 11) is 0. The summed E-state index contributed by atoms with van der Waals surface area (Å²) < 4.78 is 0. The smallest absolute Gasteiger partial charge is 0.108 e. The topological polar surface area (TPSA) is 36.5 Å². The van der Waals surface area contributed by atoms with Crippen LogP contribution in [0, 0.1) is 27.7 Å². The number of hydrogen-bond acceptors (Lipinski definition) is 0. The average Bonchev–Trinajstić information content (AvgIpc) is 2.73. The van der Waals surface area contributed by atoms with Gasteiger partial charge in [-0.1, -0.05) is 119 Å². The third-order valence-electron chi connectivity index (χ3n) is 6.31. The van der Waals surface area contributed by atoms with Crippen molar-refractivity contribution >= 4 is 28.0 Å². The zero-order valence-electron chi connectivity index (χ0n) is 18.8. The predicted molar refractivity (Wildman–Crippen MR) is 135 cm³/mol. The van der Waals surface area contributed by atoms with Crippen molar-refractivity contribution in [1.82, 2.24) is 6.15 Å². The second kappa shape index (κ2) is 8.73. The van der Waals surface area contributed by atoms with Gasteiger partial charge in [-0.25, -0.2) is 0 Å². The van der Waals surface area contributed by atoms with Crippen LogP contribution in [0.1, 0.15) is 22.3 Å². The molecule has 152 valence electrons. The summed E-state index contributed by atoms with van der Waals surface area (Å²) in [5.74, 6) is 0. The molecular formula is C28H32BN. The van der Waals surface area contributed by atoms with Crippen molar-refractivity contribution in [1.29, 1.82) is 0 Å². The minimum atomic E-state index is -1.27. The van der Waals surface area contributed by atoms with E-state index in [1.807, 2.05) is 0 Å². The van der Waals surface area contributed by atoms with Gasteiger partial charge in [-0.3, -0.25) is 0 Å². The maximum absolute atomic E-state index is 2.31. The van der Waals surface area contributed by atoms with Crippen LogP contribution in [0.4, 0.5) is 0 Å². The molecule has 0 saturated heterocycles. The number of hydrogen-bond donors (Lipinski definition) is 1. The monoisotopic (exact) mass is 393 g/mol. The predicted octanol–water partition coefficient (Wildman–Crippen LogP) is 4.67. The van der Waals surface area contributed by atoms with Crippen LogP contribution in [0.5, 0.6) is 0 Å². The van der Waals surface area contributed by atoms with E-state index in [0.717, 1.165) is 0 Å². The molecule has 0 aromatic heterocycles. The largest absolute Gasteiger partial charge is 0.369 e. The maximum Gasteiger partial charge on any atom is 0.108 e. The minimum Gasteiger partial charge on any atom is -0.369 e. The summed E-state index contributed by atoms with van der Waals surface area (Å²) in [4.78, 5) is 0. The summed E-state index contributed by atoms with van der Waals surface area (Å²) >= 11 is 0. The Bertz CT molecular complexity index is 906. The van der Waals surface area contributed by atoms with E-state index in [1.54, 1.807) is 0 Å². The van der Waals surface area contributed by atoms with Gasteiger partial charge in [0.15, 0.2) is 0 Å². The first kappa shape index (κ1) is 21.6. The number of quaternary nitrogens is 1. The van der Waals surface area contributed by atoms with Crippen molar-refractivity contribution in [3.8, 4) is 0 Å². The quantitative estimate of drug-likeness (QED) is 0.489. The summed E-state index contributed by atoms with van der Waals surface area (Å²) in [5, 5.41) is 0. The molecule has 0 aliphatic carbocycles. The van der Waals surface area contributed by atoms with Crippen molar-refractivity contribution in [3.05, 3.63) is 119 Å². The fraction of sp³-hybridized carbons (Fsp3) is 0.143. The van der Waals surface area contributed by atoms with Crippen LogP contribution in [-0.4, -0.2) is 6.15 Å². The van der Waals surface area contributed by atoms with Crippen LogP contribution in [0.15, 0.2) is 97.1 Å². The molecular weight excluding hydrogens is 361 g/mol. The number of aryl methyl sites for hydroxylation is 4. The normalized spacial score (nSPS) is 11.1. The van der Waals surface area contributed by atoms with E-state index in [2.05, 4.69) is 125 Å². The minimum absolute atomic E-state index is 0. The third kappa shape index (κ3) is 3.84. The molecule has 0 heterocycles. The second-order valence-electron chi connectivity index (χ2n) is 8.51. The van der Waals surface area contributed by atoms with Gasteiger partial charge < -0.3 is 6.15 Å². The van der Waals surface area contributed by atoms with Crippen LogP contribution in [0.25, 0.3) is 0 Å². The molecule has 0 unspecified atom stereocenters. The Labute approximate surface area is 181 Å². The Hall–Kier alpha value is -3.10. The lowest BCUT2D eigenvalue weighted by atomic mass is 9.13. The average molecular weight is 393 g/mol. The summed E-state index contributed by atoms with van der Waals surface area (Å²) in [6.45, 7) is 8.62. The summed E-state index contributed by atoms with van der Waals surface area (Å²) in [6.07, 6.45) is -1.27. The molecule has 0 bridgehead atoms. The fourth-order valence-corrected chi connectivity index (χ4v) is 4.58. The van der Waals surface area contributed by atoms with Crippen molar-refractivity contribution in [3.63, 3.8) is 0 Å². The second-order valence-corrected chi connectivity index (χ2v) is 8.51. The van der Waals surface area contributed by atoms with Gasteiger partial charge in [-0.2, -0.15) is 21.9 Å². The highest BCUT2D eigenvalue weighted by Crippen LogP contribution is 2.12. The van der Waals surface area contributed by atoms with Crippen LogP contribution >= 0.6 is 0 Å². The highest BCUT2D eigenvalue weighted by Gasteiger charge is 2.31. The van der Waals surface area contributed by atoms with Gasteiger partial charge in [0.1, 0.15) is 6.15 Å². The SMILES string of the molecule is Cc1ccc([B-](c2ccc(C)cc2)(c2ccc(C)cc2)c2ccc(C)cc2)cc1.[NH4+]. The lowest BCUT2D eigenvalue weighted by Crippen LogP contribution is -2.74. The van der Waals surface area contributed by atoms with Crippen molar-refractivity contribution in [2.75, 3.05) is 0 Å². The van der Waals surface area contributed by atoms with Crippen molar-refractivity contribution < 1.29 is 0 Å². The molecule has 4 aromatic rings. The first-order valence-electron chi connectivity index (χ1n) is 10.4. The summed E-state index contributed by atoms with van der Waals surface area (Å²) in [6, 6.07) is 36.4. The first-order chi connectivity index (χ1) is 14.0. The Kier molecular flexibility index (Phi) is 6.29. The lowest BCUT2D eigenvalue weighted by molar-refractivity contribution is 1.46. The van der Waals surface area contributed by atoms with E-state index in [-0.39, 0.29) is 6.15 Å². The van der Waals surface area contributed by atoms with Crippen LogP contribution in [0.2, 0.25) is 0 Å². The van der Waals surface area contributed by atoms with Gasteiger partial charge in [0.05, 0.1) is 0 Å². The van der Waals surface area contributed by atoms with E-state index in [0.29, 0.717) is 0 Å². The molecule has 0 spiro atoms. The van der Waals surface area contributed by atoms with E-state index in [4.69, 9.17) is 0 Å². The maximum atomic E-state index is 2.31. The van der Waals surface area contributed by atoms with E-state index >= 15 is 0 Å². The standard InChI is InChI=1S/C28H28B.H3N/c1-21-5-13-25(14-6-21)29(26-15-7-22(2)8-16-26,27-17-9-23(3)10-18-27)28-19-11-24(4)12-20-28;/h5-20H,1-4H3;1H3/q-1;/p+1.